The molecule has 0 aliphatic heterocycles. The number of nitrogens with zero attached hydrogens (tertiary/aromatic N) is 3. The Labute approximate surface area is 143 Å². The molecular formula is C16H18N4O3S. The molecule has 0 spiro atoms. The number of aromatic nitrogens is 3. The zero-order valence-electron chi connectivity index (χ0n) is 13.4. The Hall–Kier alpha value is -2.48. The number of carbonyl (C=O) groups is 2. The molecular weight excluding hydrogens is 328 g/mol. The van der Waals surface area contributed by atoms with E-state index in [9.17, 15) is 9.59 Å². The van der Waals surface area contributed by atoms with E-state index in [1.807, 2.05) is 6.08 Å². The molecule has 8 heteroatoms. The number of hydrogen-bond donors (Lipinski definition) is 2. The van der Waals surface area contributed by atoms with Gasteiger partial charge < -0.3 is 10.4 Å². The van der Waals surface area contributed by atoms with Crippen molar-refractivity contribution in [3.05, 3.63) is 33.0 Å². The minimum atomic E-state index is -1.05. The molecule has 0 saturated heterocycles. The molecule has 1 atom stereocenters. The third-order valence-corrected chi connectivity index (χ3v) is 5.16. The van der Waals surface area contributed by atoms with Crippen LogP contribution in [0.2, 0.25) is 0 Å². The lowest BCUT2D eigenvalue weighted by Crippen LogP contribution is -2.28. The van der Waals surface area contributed by atoms with Crippen LogP contribution < -0.4 is 5.32 Å². The lowest BCUT2D eigenvalue weighted by Gasteiger charge is -2.19. The van der Waals surface area contributed by atoms with E-state index in [0.29, 0.717) is 5.69 Å². The molecule has 0 fully saturated rings. The second-order valence-electron chi connectivity index (χ2n) is 5.64. The van der Waals surface area contributed by atoms with E-state index in [0.717, 1.165) is 34.8 Å². The van der Waals surface area contributed by atoms with E-state index in [1.54, 1.807) is 31.5 Å². The van der Waals surface area contributed by atoms with Gasteiger partial charge in [0.15, 0.2) is 5.69 Å². The first-order valence-electron chi connectivity index (χ1n) is 7.66. The summed E-state index contributed by atoms with van der Waals surface area (Å²) in [5.74, 6) is -1.22. The fourth-order valence-electron chi connectivity index (χ4n) is 2.84. The van der Waals surface area contributed by atoms with E-state index < -0.39 is 5.97 Å². The van der Waals surface area contributed by atoms with Crippen molar-refractivity contribution in [2.45, 2.75) is 25.2 Å². The lowest BCUT2D eigenvalue weighted by molar-refractivity contribution is -0.122. The number of fused-ring (bicyclic) bond motifs is 1. The van der Waals surface area contributed by atoms with Gasteiger partial charge in [0.2, 0.25) is 5.91 Å². The number of amides is 1. The number of nitrogens with one attached hydrogen (secondary N) is 1. The molecule has 0 aromatic carbocycles. The van der Waals surface area contributed by atoms with Crippen molar-refractivity contribution in [3.8, 4) is 0 Å². The van der Waals surface area contributed by atoms with Gasteiger partial charge in [0, 0.05) is 19.0 Å². The third-order valence-electron chi connectivity index (χ3n) is 4.07. The summed E-state index contributed by atoms with van der Waals surface area (Å²) in [6.07, 6.45) is 6.39. The second kappa shape index (κ2) is 6.56. The number of carbonyl (C=O) groups excluding carboxylic acids is 1. The molecule has 0 bridgehead atoms. The topological polar surface area (TPSA) is 97.1 Å². The number of carboxylic acids is 1. The average molecular weight is 346 g/mol. The number of rotatable bonds is 4. The van der Waals surface area contributed by atoms with Crippen LogP contribution in [-0.2, 0) is 18.3 Å². The van der Waals surface area contributed by atoms with Crippen LogP contribution in [0.3, 0.4) is 0 Å². The van der Waals surface area contributed by atoms with E-state index in [-0.39, 0.29) is 17.5 Å². The molecule has 0 radical (unpaired) electrons. The molecule has 1 aliphatic carbocycles. The fourth-order valence-corrected chi connectivity index (χ4v) is 3.91. The van der Waals surface area contributed by atoms with Crippen molar-refractivity contribution in [1.29, 1.82) is 0 Å². The highest BCUT2D eigenvalue weighted by Crippen LogP contribution is 2.35. The molecule has 2 aromatic rings. The van der Waals surface area contributed by atoms with Gasteiger partial charge >= 0.3 is 5.97 Å². The molecule has 2 aromatic heterocycles. The van der Waals surface area contributed by atoms with E-state index in [1.165, 1.54) is 10.7 Å². The molecule has 1 aliphatic rings. The monoisotopic (exact) mass is 346 g/mol. The summed E-state index contributed by atoms with van der Waals surface area (Å²) in [5, 5.41) is 16.4. The van der Waals surface area contributed by atoms with Crippen LogP contribution in [0, 0.1) is 0 Å². The average Bonchev–Trinajstić information content (AvgIpc) is 3.14. The number of carboxylic acid groups (broad SMARTS) is 1. The summed E-state index contributed by atoms with van der Waals surface area (Å²) in [6, 6.07) is 1.51. The van der Waals surface area contributed by atoms with Crippen molar-refractivity contribution in [3.63, 3.8) is 0 Å². The maximum absolute atomic E-state index is 12.0. The molecule has 1 amide bonds. The van der Waals surface area contributed by atoms with Crippen LogP contribution in [0.5, 0.6) is 0 Å². The Morgan fingerprint density at radius 3 is 2.92 bits per heavy atom. The summed E-state index contributed by atoms with van der Waals surface area (Å²) < 4.78 is 1.51. The normalized spacial score (nSPS) is 17.0. The predicted octanol–water partition coefficient (Wildman–Crippen LogP) is 1.91. The Morgan fingerprint density at radius 2 is 2.25 bits per heavy atom. The smallest absolute Gasteiger partial charge is 0.356 e. The first-order valence-corrected chi connectivity index (χ1v) is 8.48. The van der Waals surface area contributed by atoms with E-state index in [2.05, 4.69) is 15.4 Å². The largest absolute Gasteiger partial charge is 0.476 e. The van der Waals surface area contributed by atoms with Gasteiger partial charge in [-0.15, -0.1) is 11.3 Å². The first kappa shape index (κ1) is 16.4. The Bertz CT molecular complexity index is 821. The Balaban J connectivity index is 1.85. The number of thiazole rings is 1. The van der Waals surface area contributed by atoms with Gasteiger partial charge in [0.25, 0.3) is 0 Å². The lowest BCUT2D eigenvalue weighted by atomic mass is 9.90. The van der Waals surface area contributed by atoms with Crippen LogP contribution in [0.25, 0.3) is 12.2 Å². The number of hydrogen-bond acceptors (Lipinski definition) is 5. The van der Waals surface area contributed by atoms with Gasteiger partial charge in [0.1, 0.15) is 5.01 Å². The van der Waals surface area contributed by atoms with Crippen LogP contribution in [0.4, 0.5) is 0 Å². The minimum Gasteiger partial charge on any atom is -0.476 e. The zero-order chi connectivity index (χ0) is 17.3. The van der Waals surface area contributed by atoms with Crippen molar-refractivity contribution >= 4 is 35.4 Å². The number of likely N-dealkylation sites (N-methyl/N-ethyl adjacent to an activating group) is 1. The van der Waals surface area contributed by atoms with Crippen molar-refractivity contribution in [2.24, 2.45) is 7.05 Å². The number of aromatic carboxylic acids is 1. The Morgan fingerprint density at radius 1 is 1.46 bits per heavy atom. The van der Waals surface area contributed by atoms with Crippen molar-refractivity contribution < 1.29 is 14.7 Å². The SMILES string of the molecule is CNC(=O)C1CCCc2sc(/C=C/c3cc(C(=O)O)nn3C)nc21. The van der Waals surface area contributed by atoms with Gasteiger partial charge in [-0.05, 0) is 37.5 Å². The predicted molar refractivity (Wildman–Crippen MR) is 91.0 cm³/mol. The zero-order valence-corrected chi connectivity index (χ0v) is 14.3. The molecule has 24 heavy (non-hydrogen) atoms. The highest BCUT2D eigenvalue weighted by atomic mass is 32.1. The Kier molecular flexibility index (Phi) is 4.48. The molecule has 2 heterocycles. The third kappa shape index (κ3) is 3.09. The minimum absolute atomic E-state index is 0.00881. The van der Waals surface area contributed by atoms with E-state index >= 15 is 0 Å². The molecule has 126 valence electrons. The van der Waals surface area contributed by atoms with Gasteiger partial charge in [-0.1, -0.05) is 0 Å². The maximum Gasteiger partial charge on any atom is 0.356 e. The number of aryl methyl sites for hydroxylation is 2. The summed E-state index contributed by atoms with van der Waals surface area (Å²) in [4.78, 5) is 28.7. The first-order chi connectivity index (χ1) is 11.5. The second-order valence-corrected chi connectivity index (χ2v) is 6.75. The quantitative estimate of drug-likeness (QED) is 0.881. The molecule has 2 N–H and O–H groups in total. The molecule has 7 nitrogen and oxygen atoms in total. The highest BCUT2D eigenvalue weighted by molar-refractivity contribution is 7.12. The van der Waals surface area contributed by atoms with Gasteiger partial charge in [-0.3, -0.25) is 9.48 Å². The van der Waals surface area contributed by atoms with Crippen LogP contribution >= 0.6 is 11.3 Å². The van der Waals surface area contributed by atoms with E-state index in [4.69, 9.17) is 5.11 Å². The van der Waals surface area contributed by atoms with Crippen molar-refractivity contribution in [1.82, 2.24) is 20.1 Å². The summed E-state index contributed by atoms with van der Waals surface area (Å²) in [5.41, 5.74) is 1.57. The maximum atomic E-state index is 12.0. The van der Waals surface area contributed by atoms with Crippen molar-refractivity contribution in [2.75, 3.05) is 7.05 Å². The summed E-state index contributed by atoms with van der Waals surface area (Å²) in [7, 11) is 3.34. The highest BCUT2D eigenvalue weighted by Gasteiger charge is 2.29. The summed E-state index contributed by atoms with van der Waals surface area (Å²) >= 11 is 1.58. The molecule has 3 rings (SSSR count). The summed E-state index contributed by atoms with van der Waals surface area (Å²) in [6.45, 7) is 0. The van der Waals surface area contributed by atoms with Gasteiger partial charge in [-0.2, -0.15) is 5.10 Å². The van der Waals surface area contributed by atoms with Crippen LogP contribution in [0.1, 0.15) is 50.5 Å². The standard InChI is InChI=1S/C16H18N4O3S/c1-17-15(21)10-4-3-5-12-14(10)18-13(24-12)7-6-9-8-11(16(22)23)19-20(9)2/h6-8,10H,3-5H2,1-2H3,(H,17,21)(H,22,23)/b7-6+. The molecule has 1 unspecified atom stereocenters. The van der Waals surface area contributed by atoms with Gasteiger partial charge in [-0.25, -0.2) is 9.78 Å². The van der Waals surface area contributed by atoms with Crippen LogP contribution in [0.15, 0.2) is 6.07 Å². The fraction of sp³-hybridized carbons (Fsp3) is 0.375. The molecule has 0 saturated carbocycles. The van der Waals surface area contributed by atoms with Crippen LogP contribution in [-0.4, -0.2) is 38.8 Å². The van der Waals surface area contributed by atoms with Gasteiger partial charge in [0.05, 0.1) is 17.3 Å².